The normalized spacial score (nSPS) is 26.8. The Hall–Kier alpha value is -1.84. The molecule has 0 aromatic heterocycles. The Morgan fingerprint density at radius 3 is 2.88 bits per heavy atom. The molecule has 2 aliphatic rings. The van der Waals surface area contributed by atoms with E-state index in [1.165, 1.54) is 0 Å². The molecule has 16 heavy (non-hydrogen) atoms. The molecule has 82 valence electrons. The van der Waals surface area contributed by atoms with E-state index in [0.717, 1.165) is 16.8 Å². The number of aryl methyl sites for hydroxylation is 1. The fourth-order valence-electron chi connectivity index (χ4n) is 2.56. The second kappa shape index (κ2) is 2.84. The minimum Gasteiger partial charge on any atom is -0.444 e. The van der Waals surface area contributed by atoms with Crippen molar-refractivity contribution in [3.63, 3.8) is 0 Å². The second-order valence-electron chi connectivity index (χ2n) is 4.25. The van der Waals surface area contributed by atoms with Crippen LogP contribution >= 0.6 is 0 Å². The fourth-order valence-corrected chi connectivity index (χ4v) is 2.56. The highest BCUT2D eigenvalue weighted by molar-refractivity contribution is 6.07. The predicted molar refractivity (Wildman–Crippen MR) is 56.8 cm³/mol. The highest BCUT2D eigenvalue weighted by Gasteiger charge is 2.54. The summed E-state index contributed by atoms with van der Waals surface area (Å²) < 4.78 is 5.28. The molecule has 0 radical (unpaired) electrons. The zero-order valence-corrected chi connectivity index (χ0v) is 8.87. The summed E-state index contributed by atoms with van der Waals surface area (Å²) in [7, 11) is 0. The van der Waals surface area contributed by atoms with Crippen molar-refractivity contribution in [1.82, 2.24) is 0 Å². The van der Waals surface area contributed by atoms with Crippen molar-refractivity contribution in [2.75, 3.05) is 5.32 Å². The second-order valence-corrected chi connectivity index (χ2v) is 4.25. The van der Waals surface area contributed by atoms with E-state index in [-0.39, 0.29) is 11.9 Å². The monoisotopic (exact) mass is 217 g/mol. The van der Waals surface area contributed by atoms with E-state index < -0.39 is 5.60 Å². The number of fused-ring (bicyclic) bond motifs is 2. The molecule has 1 aromatic rings. The number of rotatable bonds is 0. The van der Waals surface area contributed by atoms with E-state index in [2.05, 4.69) is 5.32 Å². The van der Waals surface area contributed by atoms with Gasteiger partial charge in [0.2, 0.25) is 5.60 Å². The minimum absolute atomic E-state index is 0.220. The van der Waals surface area contributed by atoms with Crippen LogP contribution < -0.4 is 5.32 Å². The van der Waals surface area contributed by atoms with E-state index in [1.807, 2.05) is 25.1 Å². The Kier molecular flexibility index (Phi) is 1.67. The van der Waals surface area contributed by atoms with Crippen molar-refractivity contribution in [3.8, 4) is 0 Å². The molecule has 1 aromatic carbocycles. The molecule has 0 bridgehead atoms. The number of amides is 1. The van der Waals surface area contributed by atoms with Gasteiger partial charge in [-0.25, -0.2) is 0 Å². The number of hydrogen-bond acceptors (Lipinski definition) is 3. The summed E-state index contributed by atoms with van der Waals surface area (Å²) in [6.45, 7) is 1.92. The standard InChI is InChI=1S/C12H11NO3/c1-7-3-2-4-8-10(7)12(11(15)13-8)6-5-9(14)16-12/h2-4H,5-6H2,1H3,(H,13,15). The summed E-state index contributed by atoms with van der Waals surface area (Å²) in [4.78, 5) is 23.2. The van der Waals surface area contributed by atoms with Crippen LogP contribution in [0.1, 0.15) is 24.0 Å². The van der Waals surface area contributed by atoms with Crippen LogP contribution in [0.25, 0.3) is 0 Å². The van der Waals surface area contributed by atoms with Crippen LogP contribution in [0.15, 0.2) is 18.2 Å². The molecule has 2 aliphatic heterocycles. The molecule has 1 saturated heterocycles. The zero-order valence-electron chi connectivity index (χ0n) is 8.87. The van der Waals surface area contributed by atoms with Gasteiger partial charge in [0, 0.05) is 17.7 Å². The van der Waals surface area contributed by atoms with Gasteiger partial charge in [-0.3, -0.25) is 9.59 Å². The number of nitrogens with one attached hydrogen (secondary N) is 1. The molecule has 1 spiro atoms. The number of hydrogen-bond donors (Lipinski definition) is 1. The van der Waals surface area contributed by atoms with Gasteiger partial charge in [0.1, 0.15) is 0 Å². The van der Waals surface area contributed by atoms with Gasteiger partial charge >= 0.3 is 5.97 Å². The summed E-state index contributed by atoms with van der Waals surface area (Å²) in [5.41, 5.74) is 1.51. The number of anilines is 1. The summed E-state index contributed by atoms with van der Waals surface area (Å²) in [6.07, 6.45) is 0.747. The van der Waals surface area contributed by atoms with Gasteiger partial charge in [0.25, 0.3) is 5.91 Å². The first-order valence-corrected chi connectivity index (χ1v) is 5.27. The molecule has 4 nitrogen and oxygen atoms in total. The summed E-state index contributed by atoms with van der Waals surface area (Å²) in [5.74, 6) is -0.520. The fraction of sp³-hybridized carbons (Fsp3) is 0.333. The number of esters is 1. The number of benzene rings is 1. The molecule has 2 heterocycles. The lowest BCUT2D eigenvalue weighted by molar-refractivity contribution is -0.156. The average Bonchev–Trinajstić information content (AvgIpc) is 2.73. The van der Waals surface area contributed by atoms with Crippen LogP contribution in [0.2, 0.25) is 0 Å². The van der Waals surface area contributed by atoms with Crippen LogP contribution in [-0.4, -0.2) is 11.9 Å². The summed E-state index contributed by atoms with van der Waals surface area (Å²) in [6, 6.07) is 5.64. The van der Waals surface area contributed by atoms with Crippen molar-refractivity contribution in [3.05, 3.63) is 29.3 Å². The van der Waals surface area contributed by atoms with Gasteiger partial charge in [-0.2, -0.15) is 0 Å². The first-order valence-electron chi connectivity index (χ1n) is 5.27. The molecule has 0 aliphatic carbocycles. The predicted octanol–water partition coefficient (Wildman–Crippen LogP) is 1.48. The van der Waals surface area contributed by atoms with Crippen LogP contribution in [0.4, 0.5) is 5.69 Å². The third-order valence-electron chi connectivity index (χ3n) is 3.26. The lowest BCUT2D eigenvalue weighted by atomic mass is 9.89. The topological polar surface area (TPSA) is 55.4 Å². The van der Waals surface area contributed by atoms with Crippen molar-refractivity contribution in [2.45, 2.75) is 25.4 Å². The molecule has 1 amide bonds. The van der Waals surface area contributed by atoms with Crippen molar-refractivity contribution >= 4 is 17.6 Å². The third kappa shape index (κ3) is 0.988. The minimum atomic E-state index is -1.06. The molecule has 1 fully saturated rings. The van der Waals surface area contributed by atoms with Crippen LogP contribution in [-0.2, 0) is 19.9 Å². The van der Waals surface area contributed by atoms with Crippen molar-refractivity contribution in [2.24, 2.45) is 0 Å². The van der Waals surface area contributed by atoms with Crippen LogP contribution in [0, 0.1) is 6.92 Å². The van der Waals surface area contributed by atoms with Crippen LogP contribution in [0.3, 0.4) is 0 Å². The molecule has 1 atom stereocenters. The molecule has 3 rings (SSSR count). The van der Waals surface area contributed by atoms with E-state index >= 15 is 0 Å². The van der Waals surface area contributed by atoms with E-state index in [1.54, 1.807) is 0 Å². The highest BCUT2D eigenvalue weighted by Crippen LogP contribution is 2.46. The van der Waals surface area contributed by atoms with Crippen molar-refractivity contribution in [1.29, 1.82) is 0 Å². The number of ether oxygens (including phenoxy) is 1. The van der Waals surface area contributed by atoms with Gasteiger partial charge in [0.15, 0.2) is 0 Å². The highest BCUT2D eigenvalue weighted by atomic mass is 16.6. The van der Waals surface area contributed by atoms with Gasteiger partial charge < -0.3 is 10.1 Å². The van der Waals surface area contributed by atoms with E-state index in [0.29, 0.717) is 12.8 Å². The molecular formula is C12H11NO3. The molecule has 0 saturated carbocycles. The van der Waals surface area contributed by atoms with Gasteiger partial charge in [-0.05, 0) is 18.6 Å². The maximum absolute atomic E-state index is 12.0. The Morgan fingerprint density at radius 2 is 2.19 bits per heavy atom. The smallest absolute Gasteiger partial charge is 0.307 e. The SMILES string of the molecule is Cc1cccc2c1C1(CCC(=O)O1)C(=O)N2. The summed E-state index contributed by atoms with van der Waals surface area (Å²) in [5, 5.41) is 2.78. The lowest BCUT2D eigenvalue weighted by Gasteiger charge is -2.21. The molecular weight excluding hydrogens is 206 g/mol. The van der Waals surface area contributed by atoms with Gasteiger partial charge in [-0.15, -0.1) is 0 Å². The summed E-state index contributed by atoms with van der Waals surface area (Å²) >= 11 is 0. The molecule has 4 heteroatoms. The Balaban J connectivity index is 2.23. The quantitative estimate of drug-likeness (QED) is 0.670. The third-order valence-corrected chi connectivity index (χ3v) is 3.26. The first kappa shape index (κ1) is 9.39. The Labute approximate surface area is 92.6 Å². The van der Waals surface area contributed by atoms with Gasteiger partial charge in [-0.1, -0.05) is 12.1 Å². The van der Waals surface area contributed by atoms with E-state index in [4.69, 9.17) is 4.74 Å². The molecule has 1 unspecified atom stereocenters. The molecule has 1 N–H and O–H groups in total. The Morgan fingerprint density at radius 1 is 1.38 bits per heavy atom. The Bertz CT molecular complexity index is 509. The average molecular weight is 217 g/mol. The van der Waals surface area contributed by atoms with Gasteiger partial charge in [0.05, 0.1) is 6.42 Å². The maximum atomic E-state index is 12.0. The van der Waals surface area contributed by atoms with Crippen molar-refractivity contribution < 1.29 is 14.3 Å². The lowest BCUT2D eigenvalue weighted by Crippen LogP contribution is -2.34. The first-order chi connectivity index (χ1) is 7.63. The zero-order chi connectivity index (χ0) is 11.3. The van der Waals surface area contributed by atoms with E-state index in [9.17, 15) is 9.59 Å². The largest absolute Gasteiger partial charge is 0.444 e. The number of carbonyl (C=O) groups excluding carboxylic acids is 2. The van der Waals surface area contributed by atoms with Crippen LogP contribution in [0.5, 0.6) is 0 Å². The maximum Gasteiger partial charge on any atom is 0.307 e. The number of carbonyl (C=O) groups is 2.